The van der Waals surface area contributed by atoms with Crippen molar-refractivity contribution in [3.8, 4) is 11.4 Å². The van der Waals surface area contributed by atoms with Gasteiger partial charge in [0.25, 0.3) is 0 Å². The molecule has 0 aliphatic rings. The lowest BCUT2D eigenvalue weighted by Gasteiger charge is -2.11. The molecule has 0 bridgehead atoms. The van der Waals surface area contributed by atoms with Gasteiger partial charge in [0, 0.05) is 25.2 Å². The number of benzene rings is 2. The Balaban J connectivity index is 1.74. The van der Waals surface area contributed by atoms with Crippen LogP contribution in [0.25, 0.3) is 11.4 Å². The zero-order valence-corrected chi connectivity index (χ0v) is 16.5. The Kier molecular flexibility index (Phi) is 5.89. The summed E-state index contributed by atoms with van der Waals surface area (Å²) in [5.41, 5.74) is 1.52. The number of hydrogen-bond acceptors (Lipinski definition) is 5. The molecule has 0 saturated carbocycles. The number of amides is 1. The molecule has 0 unspecified atom stereocenters. The first-order valence-electron chi connectivity index (χ1n) is 8.59. The highest BCUT2D eigenvalue weighted by Gasteiger charge is 2.21. The second-order valence-electron chi connectivity index (χ2n) is 6.23. The van der Waals surface area contributed by atoms with Gasteiger partial charge >= 0.3 is 0 Å². The molecule has 8 heteroatoms. The number of carbonyl (C=O) groups excluding carboxylic acids is 2. The molecule has 0 aliphatic carbocycles. The fourth-order valence-electron chi connectivity index (χ4n) is 2.66. The van der Waals surface area contributed by atoms with E-state index in [0.717, 1.165) is 0 Å². The lowest BCUT2D eigenvalue weighted by atomic mass is 10.1. The Morgan fingerprint density at radius 3 is 2.43 bits per heavy atom. The van der Waals surface area contributed by atoms with Crippen LogP contribution >= 0.6 is 11.8 Å². The molecule has 144 valence electrons. The lowest BCUT2D eigenvalue weighted by Crippen LogP contribution is -2.14. The molecule has 1 N–H and O–H groups in total. The number of anilines is 1. The lowest BCUT2D eigenvalue weighted by molar-refractivity contribution is -0.114. The van der Waals surface area contributed by atoms with Crippen molar-refractivity contribution < 1.29 is 14.0 Å². The Morgan fingerprint density at radius 2 is 1.79 bits per heavy atom. The van der Waals surface area contributed by atoms with Gasteiger partial charge in [0.05, 0.1) is 10.8 Å². The average Bonchev–Trinajstić information content (AvgIpc) is 3.02. The number of rotatable bonds is 6. The zero-order chi connectivity index (χ0) is 20.3. The van der Waals surface area contributed by atoms with E-state index in [-0.39, 0.29) is 17.5 Å². The van der Waals surface area contributed by atoms with E-state index in [1.54, 1.807) is 61.0 Å². The number of ketones is 1. The molecule has 0 spiro atoms. The quantitative estimate of drug-likeness (QED) is 0.503. The summed E-state index contributed by atoms with van der Waals surface area (Å²) in [6.45, 7) is 3.21. The van der Waals surface area contributed by atoms with E-state index in [1.807, 2.05) is 0 Å². The highest BCUT2D eigenvalue weighted by atomic mass is 32.2. The topological polar surface area (TPSA) is 76.9 Å². The van der Waals surface area contributed by atoms with Crippen LogP contribution in [0.15, 0.2) is 53.7 Å². The molecule has 1 aromatic heterocycles. The fourth-order valence-corrected chi connectivity index (χ4v) is 3.55. The van der Waals surface area contributed by atoms with Gasteiger partial charge in [0.2, 0.25) is 5.91 Å². The van der Waals surface area contributed by atoms with Gasteiger partial charge in [-0.3, -0.25) is 9.59 Å². The number of nitrogens with zero attached hydrogens (tertiary/aromatic N) is 3. The Labute approximate surface area is 166 Å². The molecule has 2 aromatic carbocycles. The second kappa shape index (κ2) is 8.35. The van der Waals surface area contributed by atoms with Crippen molar-refractivity contribution in [1.82, 2.24) is 14.8 Å². The first kappa shape index (κ1) is 19.8. The van der Waals surface area contributed by atoms with Gasteiger partial charge in [-0.25, -0.2) is 4.39 Å². The van der Waals surface area contributed by atoms with Gasteiger partial charge in [0.1, 0.15) is 5.82 Å². The number of Topliss-reactive ketones (excluding diaryl/α,β-unsaturated/α-hetero) is 1. The van der Waals surface area contributed by atoms with Crippen molar-refractivity contribution in [3.05, 3.63) is 59.9 Å². The number of nitrogens with one attached hydrogen (secondary N) is 1. The minimum Gasteiger partial charge on any atom is -0.326 e. The molecule has 3 rings (SSSR count). The zero-order valence-electron chi connectivity index (χ0n) is 15.6. The van der Waals surface area contributed by atoms with Crippen LogP contribution in [0.2, 0.25) is 0 Å². The predicted octanol–water partition coefficient (Wildman–Crippen LogP) is 3.94. The molecular formula is C20H19FN4O2S. The van der Waals surface area contributed by atoms with E-state index in [1.165, 1.54) is 24.8 Å². The van der Waals surface area contributed by atoms with E-state index in [0.29, 0.717) is 27.8 Å². The van der Waals surface area contributed by atoms with Gasteiger partial charge in [-0.2, -0.15) is 0 Å². The largest absolute Gasteiger partial charge is 0.326 e. The van der Waals surface area contributed by atoms with Crippen molar-refractivity contribution in [2.45, 2.75) is 24.3 Å². The van der Waals surface area contributed by atoms with Crippen molar-refractivity contribution in [3.63, 3.8) is 0 Å². The molecule has 6 nitrogen and oxygen atoms in total. The third kappa shape index (κ3) is 4.28. The first-order valence-corrected chi connectivity index (χ1v) is 9.47. The van der Waals surface area contributed by atoms with Gasteiger partial charge in [0.15, 0.2) is 16.8 Å². The maximum absolute atomic E-state index is 14.0. The van der Waals surface area contributed by atoms with Crippen LogP contribution in [0.5, 0.6) is 0 Å². The molecule has 3 aromatic rings. The molecule has 0 radical (unpaired) electrons. The van der Waals surface area contributed by atoms with Crippen LogP contribution in [-0.2, 0) is 11.8 Å². The van der Waals surface area contributed by atoms with Crippen LogP contribution < -0.4 is 5.32 Å². The summed E-state index contributed by atoms with van der Waals surface area (Å²) in [7, 11) is 1.74. The third-order valence-electron chi connectivity index (χ3n) is 4.09. The van der Waals surface area contributed by atoms with E-state index >= 15 is 0 Å². The van der Waals surface area contributed by atoms with E-state index < -0.39 is 5.25 Å². The molecule has 1 atom stereocenters. The van der Waals surface area contributed by atoms with Gasteiger partial charge in [-0.05, 0) is 43.3 Å². The number of carbonyl (C=O) groups is 2. The third-order valence-corrected chi connectivity index (χ3v) is 5.22. The summed E-state index contributed by atoms with van der Waals surface area (Å²) in [5.74, 6) is -0.219. The number of aromatic nitrogens is 3. The first-order chi connectivity index (χ1) is 13.4. The molecule has 1 amide bonds. The van der Waals surface area contributed by atoms with Crippen molar-refractivity contribution in [2.75, 3.05) is 5.32 Å². The van der Waals surface area contributed by atoms with Gasteiger partial charge in [-0.15, -0.1) is 10.2 Å². The highest BCUT2D eigenvalue weighted by Crippen LogP contribution is 2.28. The normalized spacial score (nSPS) is 11.9. The smallest absolute Gasteiger partial charge is 0.221 e. The maximum atomic E-state index is 14.0. The minimum atomic E-state index is -0.414. The number of hydrogen-bond donors (Lipinski definition) is 1. The molecule has 0 aliphatic heterocycles. The molecule has 1 heterocycles. The summed E-state index contributed by atoms with van der Waals surface area (Å²) in [5, 5.41) is 10.9. The van der Waals surface area contributed by atoms with Gasteiger partial charge in [-0.1, -0.05) is 23.9 Å². The Morgan fingerprint density at radius 1 is 1.11 bits per heavy atom. The molecule has 0 fully saturated rings. The minimum absolute atomic E-state index is 0.0742. The van der Waals surface area contributed by atoms with Crippen LogP contribution in [0.4, 0.5) is 10.1 Å². The number of halogens is 1. The van der Waals surface area contributed by atoms with Crippen molar-refractivity contribution in [2.24, 2.45) is 7.05 Å². The predicted molar refractivity (Wildman–Crippen MR) is 107 cm³/mol. The summed E-state index contributed by atoms with van der Waals surface area (Å²) in [6.07, 6.45) is 0. The number of thioether (sulfide) groups is 1. The molecular weight excluding hydrogens is 379 g/mol. The summed E-state index contributed by atoms with van der Waals surface area (Å²) in [4.78, 5) is 23.8. The summed E-state index contributed by atoms with van der Waals surface area (Å²) in [6, 6.07) is 13.1. The van der Waals surface area contributed by atoms with Crippen molar-refractivity contribution >= 4 is 29.1 Å². The maximum Gasteiger partial charge on any atom is 0.221 e. The van der Waals surface area contributed by atoms with Crippen LogP contribution in [0.1, 0.15) is 24.2 Å². The average molecular weight is 398 g/mol. The van der Waals surface area contributed by atoms with Crippen LogP contribution in [-0.4, -0.2) is 31.7 Å². The Bertz CT molecular complexity index is 1020. The molecule has 28 heavy (non-hydrogen) atoms. The van der Waals surface area contributed by atoms with E-state index in [9.17, 15) is 14.0 Å². The van der Waals surface area contributed by atoms with Crippen molar-refractivity contribution in [1.29, 1.82) is 0 Å². The van der Waals surface area contributed by atoms with E-state index in [4.69, 9.17) is 0 Å². The highest BCUT2D eigenvalue weighted by molar-refractivity contribution is 8.00. The van der Waals surface area contributed by atoms with E-state index in [2.05, 4.69) is 15.5 Å². The monoisotopic (exact) mass is 398 g/mol. The SMILES string of the molecule is CC(=O)Nc1ccc(C(=O)[C@@H](C)Sc2nnc(-c3ccccc3F)n2C)cc1. The molecule has 0 saturated heterocycles. The standard InChI is InChI=1S/C20H19FN4O2S/c1-12(18(27)14-8-10-15(11-9-14)22-13(2)26)28-20-24-23-19(25(20)3)16-6-4-5-7-17(16)21/h4-12H,1-3H3,(H,22,26)/t12-/m1/s1. The summed E-state index contributed by atoms with van der Waals surface area (Å²) < 4.78 is 15.7. The second-order valence-corrected chi connectivity index (χ2v) is 7.54. The van der Waals surface area contributed by atoms with Gasteiger partial charge < -0.3 is 9.88 Å². The summed E-state index contributed by atoms with van der Waals surface area (Å²) >= 11 is 1.26. The van der Waals surface area contributed by atoms with Crippen LogP contribution in [0, 0.1) is 5.82 Å². The van der Waals surface area contributed by atoms with Crippen LogP contribution in [0.3, 0.4) is 0 Å². The fraction of sp³-hybridized carbons (Fsp3) is 0.200. The Hall–Kier alpha value is -3.00.